The van der Waals surface area contributed by atoms with Gasteiger partial charge in [-0.3, -0.25) is 9.59 Å². The van der Waals surface area contributed by atoms with Gasteiger partial charge in [-0.25, -0.2) is 8.42 Å². The van der Waals surface area contributed by atoms with Crippen LogP contribution in [-0.4, -0.2) is 36.3 Å². The summed E-state index contributed by atoms with van der Waals surface area (Å²) in [6.45, 7) is 2.94. The Labute approximate surface area is 184 Å². The highest BCUT2D eigenvalue weighted by molar-refractivity contribution is 7.91. The van der Waals surface area contributed by atoms with E-state index in [9.17, 15) is 23.1 Å². The molecule has 0 radical (unpaired) electrons. The number of ether oxygens (including phenoxy) is 1. The summed E-state index contributed by atoms with van der Waals surface area (Å²) < 4.78 is 30.9. The Bertz CT molecular complexity index is 1120. The van der Waals surface area contributed by atoms with E-state index in [-0.39, 0.29) is 38.8 Å². The topological polar surface area (TPSA) is 130 Å². The van der Waals surface area contributed by atoms with Gasteiger partial charge in [-0.05, 0) is 62.4 Å². The van der Waals surface area contributed by atoms with Gasteiger partial charge in [0.2, 0.25) is 5.91 Å². The highest BCUT2D eigenvalue weighted by Gasteiger charge is 2.31. The molecule has 3 N–H and O–H groups in total. The van der Waals surface area contributed by atoms with E-state index in [1.165, 1.54) is 31.2 Å². The molecule has 1 aliphatic carbocycles. The van der Waals surface area contributed by atoms with E-state index in [2.05, 4.69) is 5.32 Å². The number of halogens is 1. The molecule has 0 saturated heterocycles. The predicted octanol–water partition coefficient (Wildman–Crippen LogP) is 3.99. The molecule has 31 heavy (non-hydrogen) atoms. The second-order valence-electron chi connectivity index (χ2n) is 7.61. The van der Waals surface area contributed by atoms with Crippen molar-refractivity contribution in [2.75, 3.05) is 11.1 Å². The minimum atomic E-state index is -3.66. The summed E-state index contributed by atoms with van der Waals surface area (Å²) in [6, 6.07) is 6.89. The first-order valence-corrected chi connectivity index (χ1v) is 11.6. The number of nitrogens with one attached hydrogen (secondary N) is 1. The molecule has 0 spiro atoms. The van der Waals surface area contributed by atoms with Crippen molar-refractivity contribution >= 4 is 39.0 Å². The van der Waals surface area contributed by atoms with E-state index >= 15 is 0 Å². The van der Waals surface area contributed by atoms with Crippen molar-refractivity contribution in [2.45, 2.75) is 31.6 Å². The van der Waals surface area contributed by atoms with Crippen LogP contribution in [0.25, 0.3) is 0 Å². The molecule has 1 unspecified atom stereocenters. The number of carboxylic acids is 1. The van der Waals surface area contributed by atoms with Crippen LogP contribution in [0.3, 0.4) is 0 Å². The van der Waals surface area contributed by atoms with Gasteiger partial charge in [-0.2, -0.15) is 0 Å². The van der Waals surface area contributed by atoms with Crippen LogP contribution in [0.1, 0.15) is 25.3 Å². The lowest BCUT2D eigenvalue weighted by Crippen LogP contribution is -2.26. The molecule has 166 valence electrons. The molecule has 1 saturated carbocycles. The molecule has 0 bridgehead atoms. The van der Waals surface area contributed by atoms with Gasteiger partial charge in [0.15, 0.2) is 9.84 Å². The van der Waals surface area contributed by atoms with Gasteiger partial charge >= 0.3 is 5.97 Å². The van der Waals surface area contributed by atoms with Crippen LogP contribution in [0, 0.1) is 18.8 Å². The van der Waals surface area contributed by atoms with Gasteiger partial charge in [-0.15, -0.1) is 0 Å². The van der Waals surface area contributed by atoms with Gasteiger partial charge < -0.3 is 20.3 Å². The summed E-state index contributed by atoms with van der Waals surface area (Å²) in [7, 11) is -3.66. The zero-order valence-electron chi connectivity index (χ0n) is 16.9. The van der Waals surface area contributed by atoms with Gasteiger partial charge in [0.25, 0.3) is 0 Å². The zero-order chi connectivity index (χ0) is 22.9. The molecule has 0 heterocycles. The maximum absolute atomic E-state index is 12.6. The number of amides is 1. The fraction of sp³-hybridized carbons (Fsp3) is 0.333. The molecule has 1 fully saturated rings. The summed E-state index contributed by atoms with van der Waals surface area (Å²) in [4.78, 5) is 22.7. The highest BCUT2D eigenvalue weighted by Crippen LogP contribution is 2.39. The SMILES string of the molecule is Cc1cc(NC(=O)C(C)C(=O)O)cc(Cl)c1Oc1ccc(O)c(S(=O)(=O)CC2CC2)c1. The van der Waals surface area contributed by atoms with Crippen LogP contribution in [-0.2, 0) is 19.4 Å². The number of carbonyl (C=O) groups excluding carboxylic acids is 1. The van der Waals surface area contributed by atoms with Gasteiger partial charge in [0.1, 0.15) is 28.1 Å². The highest BCUT2D eigenvalue weighted by atomic mass is 35.5. The van der Waals surface area contributed by atoms with Gasteiger partial charge in [0.05, 0.1) is 10.8 Å². The molecule has 1 atom stereocenters. The average molecular weight is 468 g/mol. The number of sulfone groups is 1. The Balaban J connectivity index is 1.83. The Hall–Kier alpha value is -2.78. The van der Waals surface area contributed by atoms with E-state index in [1.54, 1.807) is 13.0 Å². The molecule has 0 aromatic heterocycles. The van der Waals surface area contributed by atoms with E-state index in [1.807, 2.05) is 0 Å². The van der Waals surface area contributed by atoms with Crippen LogP contribution in [0.5, 0.6) is 17.2 Å². The third kappa shape index (κ3) is 5.48. The Morgan fingerprint density at radius 3 is 2.52 bits per heavy atom. The summed E-state index contributed by atoms with van der Waals surface area (Å²) in [5.41, 5.74) is 0.826. The average Bonchev–Trinajstić information content (AvgIpc) is 3.48. The summed E-state index contributed by atoms with van der Waals surface area (Å²) in [5, 5.41) is 21.6. The third-order valence-electron chi connectivity index (χ3n) is 4.90. The fourth-order valence-corrected chi connectivity index (χ4v) is 5.03. The molecular formula is C21H22ClNO7S. The second-order valence-corrected chi connectivity index (χ2v) is 10.0. The molecule has 1 amide bonds. The number of hydrogen-bond donors (Lipinski definition) is 3. The summed E-state index contributed by atoms with van der Waals surface area (Å²) >= 11 is 6.29. The number of benzene rings is 2. The Morgan fingerprint density at radius 2 is 1.94 bits per heavy atom. The molecule has 0 aliphatic heterocycles. The minimum Gasteiger partial charge on any atom is -0.507 e. The maximum atomic E-state index is 12.6. The number of carbonyl (C=O) groups is 2. The maximum Gasteiger partial charge on any atom is 0.315 e. The first-order valence-electron chi connectivity index (χ1n) is 9.55. The van der Waals surface area contributed by atoms with E-state index in [0.717, 1.165) is 12.8 Å². The van der Waals surface area contributed by atoms with Crippen molar-refractivity contribution in [3.05, 3.63) is 40.9 Å². The molecule has 2 aromatic carbocycles. The predicted molar refractivity (Wildman–Crippen MR) is 115 cm³/mol. The van der Waals surface area contributed by atoms with Crippen LogP contribution in [0.4, 0.5) is 5.69 Å². The number of aryl methyl sites for hydroxylation is 1. The number of aliphatic carboxylic acids is 1. The standard InChI is InChI=1S/C21H22ClNO7S/c1-11-7-14(23-20(25)12(2)21(26)27)8-16(22)19(11)30-15-5-6-17(24)18(9-15)31(28,29)10-13-3-4-13/h5-9,12-13,24H,3-4,10H2,1-2H3,(H,23,25)(H,26,27). The summed E-state index contributed by atoms with van der Waals surface area (Å²) in [6.07, 6.45) is 1.72. The molecule has 10 heteroatoms. The van der Waals surface area contributed by atoms with Crippen LogP contribution in [0.2, 0.25) is 5.02 Å². The number of phenolic OH excluding ortho intramolecular Hbond substituents is 1. The summed E-state index contributed by atoms with van der Waals surface area (Å²) in [5.74, 6) is -3.01. The second kappa shape index (κ2) is 8.76. The zero-order valence-corrected chi connectivity index (χ0v) is 18.5. The molecular weight excluding hydrogens is 446 g/mol. The van der Waals surface area contributed by atoms with Crippen molar-refractivity contribution in [3.63, 3.8) is 0 Å². The number of phenols is 1. The third-order valence-corrected chi connectivity index (χ3v) is 7.09. The smallest absolute Gasteiger partial charge is 0.315 e. The minimum absolute atomic E-state index is 0.0209. The lowest BCUT2D eigenvalue weighted by atomic mass is 10.1. The van der Waals surface area contributed by atoms with Gasteiger partial charge in [-0.1, -0.05) is 11.6 Å². The molecule has 3 rings (SSSR count). The fourth-order valence-electron chi connectivity index (χ4n) is 2.90. The van der Waals surface area contributed by atoms with Crippen LogP contribution < -0.4 is 10.1 Å². The molecule has 8 nitrogen and oxygen atoms in total. The number of aromatic hydroxyl groups is 1. The lowest BCUT2D eigenvalue weighted by Gasteiger charge is -2.15. The van der Waals surface area contributed by atoms with Crippen molar-refractivity contribution in [2.24, 2.45) is 11.8 Å². The Kier molecular flexibility index (Phi) is 6.47. The number of carboxylic acid groups (broad SMARTS) is 1. The lowest BCUT2D eigenvalue weighted by molar-refractivity contribution is -0.144. The number of rotatable bonds is 8. The monoisotopic (exact) mass is 467 g/mol. The largest absolute Gasteiger partial charge is 0.507 e. The van der Waals surface area contributed by atoms with Crippen LogP contribution in [0.15, 0.2) is 35.2 Å². The van der Waals surface area contributed by atoms with E-state index in [0.29, 0.717) is 11.3 Å². The quantitative estimate of drug-likeness (QED) is 0.500. The Morgan fingerprint density at radius 1 is 1.26 bits per heavy atom. The normalized spacial score (nSPS) is 14.7. The number of hydrogen-bond acceptors (Lipinski definition) is 6. The molecule has 2 aromatic rings. The van der Waals surface area contributed by atoms with Gasteiger partial charge in [0, 0.05) is 11.8 Å². The first-order chi connectivity index (χ1) is 14.5. The van der Waals surface area contributed by atoms with E-state index < -0.39 is 27.6 Å². The van der Waals surface area contributed by atoms with E-state index in [4.69, 9.17) is 21.4 Å². The van der Waals surface area contributed by atoms with Crippen molar-refractivity contribution in [3.8, 4) is 17.2 Å². The number of anilines is 1. The van der Waals surface area contributed by atoms with Crippen LogP contribution >= 0.6 is 11.6 Å². The molecule has 1 aliphatic rings. The van der Waals surface area contributed by atoms with Crippen molar-refractivity contribution in [1.29, 1.82) is 0 Å². The first kappa shape index (κ1) is 22.9. The van der Waals surface area contributed by atoms with Crippen molar-refractivity contribution < 1.29 is 33.0 Å². The van der Waals surface area contributed by atoms with Crippen molar-refractivity contribution in [1.82, 2.24) is 0 Å².